The highest BCUT2D eigenvalue weighted by atomic mass is 35.5. The SMILES string of the molecule is N#Cc1cncc(COc2cc(O[C@H]3CCc4c(-c5cccc(OCCCN6CCC(F)CC6)c5Cl)cccc43)c(Cl)cc2CN[C@@H]2CC[C@H]2O)c1. The van der Waals surface area contributed by atoms with Gasteiger partial charge in [0.15, 0.2) is 0 Å². The molecule has 3 aromatic carbocycles. The number of rotatable bonds is 14. The highest BCUT2D eigenvalue weighted by Gasteiger charge is 2.30. The van der Waals surface area contributed by atoms with Gasteiger partial charge in [-0.15, -0.1) is 0 Å². The van der Waals surface area contributed by atoms with Crippen LogP contribution in [0, 0.1) is 11.3 Å². The minimum atomic E-state index is -0.669. The molecule has 2 fully saturated rings. The molecule has 0 bridgehead atoms. The van der Waals surface area contributed by atoms with E-state index in [2.05, 4.69) is 33.4 Å². The molecule has 0 radical (unpaired) electrons. The normalized spacial score (nSPS) is 20.2. The molecule has 2 aliphatic carbocycles. The molecule has 0 unspecified atom stereocenters. The monoisotopic (exact) mass is 744 g/mol. The number of halogens is 3. The summed E-state index contributed by atoms with van der Waals surface area (Å²) in [7, 11) is 0. The lowest BCUT2D eigenvalue weighted by Gasteiger charge is -2.33. The zero-order valence-electron chi connectivity index (χ0n) is 29.0. The summed E-state index contributed by atoms with van der Waals surface area (Å²) in [6.45, 7) is 3.69. The quantitative estimate of drug-likeness (QED) is 0.124. The second-order valence-corrected chi connectivity index (χ2v) is 14.6. The molecule has 1 aromatic heterocycles. The minimum absolute atomic E-state index is 0.0290. The number of likely N-dealkylation sites (tertiary alicyclic amines) is 1. The van der Waals surface area contributed by atoms with Crippen molar-refractivity contribution >= 4 is 23.2 Å². The van der Waals surface area contributed by atoms with E-state index in [0.717, 1.165) is 79.6 Å². The first-order valence-corrected chi connectivity index (χ1v) is 18.9. The van der Waals surface area contributed by atoms with E-state index < -0.39 is 6.17 Å². The maximum Gasteiger partial charge on any atom is 0.142 e. The summed E-state index contributed by atoms with van der Waals surface area (Å²) < 4.78 is 32.6. The number of fused-ring (bicyclic) bond motifs is 1. The number of alkyl halides is 1. The van der Waals surface area contributed by atoms with Crippen LogP contribution in [-0.4, -0.2) is 59.5 Å². The molecule has 8 nitrogen and oxygen atoms in total. The Hall–Kier alpha value is -3.91. The van der Waals surface area contributed by atoms with Gasteiger partial charge in [0, 0.05) is 67.4 Å². The second-order valence-electron chi connectivity index (χ2n) is 13.9. The Morgan fingerprint density at radius 2 is 1.77 bits per heavy atom. The van der Waals surface area contributed by atoms with Crippen molar-refractivity contribution < 1.29 is 23.7 Å². The van der Waals surface area contributed by atoms with Crippen LogP contribution in [0.5, 0.6) is 17.2 Å². The predicted molar refractivity (Wildman–Crippen MR) is 200 cm³/mol. The topological polar surface area (TPSA) is 99.9 Å². The summed E-state index contributed by atoms with van der Waals surface area (Å²) >= 11 is 13.9. The van der Waals surface area contributed by atoms with Crippen molar-refractivity contribution in [3.8, 4) is 34.4 Å². The van der Waals surface area contributed by atoms with Gasteiger partial charge in [-0.2, -0.15) is 5.26 Å². The first-order valence-electron chi connectivity index (χ1n) is 18.1. The van der Waals surface area contributed by atoms with Crippen molar-refractivity contribution in [1.29, 1.82) is 5.26 Å². The fourth-order valence-electron chi connectivity index (χ4n) is 7.26. The van der Waals surface area contributed by atoms with Gasteiger partial charge in [-0.05, 0) is 79.8 Å². The number of aromatic nitrogens is 1. The lowest BCUT2D eigenvalue weighted by Crippen LogP contribution is -2.47. The van der Waals surface area contributed by atoms with Crippen molar-refractivity contribution in [2.75, 3.05) is 26.2 Å². The maximum atomic E-state index is 13.5. The number of benzene rings is 3. The van der Waals surface area contributed by atoms with Gasteiger partial charge in [0.25, 0.3) is 0 Å². The highest BCUT2D eigenvalue weighted by Crippen LogP contribution is 2.45. The van der Waals surface area contributed by atoms with Gasteiger partial charge in [-0.3, -0.25) is 4.98 Å². The summed E-state index contributed by atoms with van der Waals surface area (Å²) in [5.41, 5.74) is 6.30. The van der Waals surface area contributed by atoms with Gasteiger partial charge in [0.2, 0.25) is 0 Å². The van der Waals surface area contributed by atoms with Crippen LogP contribution < -0.4 is 19.5 Å². The van der Waals surface area contributed by atoms with Crippen LogP contribution in [0.15, 0.2) is 67.0 Å². The summed E-state index contributed by atoms with van der Waals surface area (Å²) in [4.78, 5) is 6.46. The number of aliphatic hydroxyl groups is 1. The van der Waals surface area contributed by atoms with Crippen LogP contribution in [-0.2, 0) is 19.6 Å². The number of ether oxygens (including phenoxy) is 3. The maximum absolute atomic E-state index is 13.5. The molecule has 52 heavy (non-hydrogen) atoms. The lowest BCUT2D eigenvalue weighted by molar-refractivity contribution is 0.0491. The van der Waals surface area contributed by atoms with E-state index in [1.165, 1.54) is 11.8 Å². The van der Waals surface area contributed by atoms with Crippen molar-refractivity contribution in [3.63, 3.8) is 0 Å². The summed E-state index contributed by atoms with van der Waals surface area (Å²) in [5.74, 6) is 1.77. The molecule has 1 saturated carbocycles. The number of nitrogens with zero attached hydrogens (tertiary/aromatic N) is 3. The van der Waals surface area contributed by atoms with E-state index in [4.69, 9.17) is 37.4 Å². The van der Waals surface area contributed by atoms with Crippen molar-refractivity contribution in [2.45, 2.75) is 82.5 Å². The van der Waals surface area contributed by atoms with Crippen molar-refractivity contribution in [3.05, 3.63) is 105 Å². The minimum Gasteiger partial charge on any atom is -0.492 e. The second kappa shape index (κ2) is 16.8. The molecule has 272 valence electrons. The van der Waals surface area contributed by atoms with E-state index in [9.17, 15) is 14.8 Å². The summed E-state index contributed by atoms with van der Waals surface area (Å²) in [6, 6.07) is 19.7. The molecule has 1 aliphatic heterocycles. The molecule has 3 aliphatic rings. The van der Waals surface area contributed by atoms with E-state index in [1.807, 2.05) is 36.4 Å². The third kappa shape index (κ3) is 8.48. The summed E-state index contributed by atoms with van der Waals surface area (Å²) in [5, 5.41) is 23.9. The van der Waals surface area contributed by atoms with Crippen LogP contribution >= 0.6 is 23.2 Å². The summed E-state index contributed by atoms with van der Waals surface area (Å²) in [6.07, 6.45) is 7.28. The molecule has 3 atom stereocenters. The van der Waals surface area contributed by atoms with E-state index in [1.54, 1.807) is 12.3 Å². The fourth-order valence-corrected chi connectivity index (χ4v) is 7.77. The van der Waals surface area contributed by atoms with Crippen LogP contribution in [0.3, 0.4) is 0 Å². The molecule has 0 amide bonds. The standard InChI is InChI=1S/C41H43Cl2FN4O4/c42-34-19-28(24-47-35-9-10-36(35)49)39(51-25-27-18-26(21-45)22-46-23-27)20-40(34)52-37-11-8-31-30(4-1-5-32(31)37)33-6-2-7-38(41(33)43)50-17-3-14-48-15-12-29(44)13-16-48/h1-2,4-7,18-20,22-23,29,35-37,47,49H,3,8-17,24-25H2/t35-,36-,37+/m1/s1. The zero-order chi connectivity index (χ0) is 36.0. The molecule has 4 aromatic rings. The number of aliphatic hydroxyl groups excluding tert-OH is 1. The largest absolute Gasteiger partial charge is 0.492 e. The first kappa shape index (κ1) is 36.4. The van der Waals surface area contributed by atoms with Gasteiger partial charge < -0.3 is 29.5 Å². The van der Waals surface area contributed by atoms with Gasteiger partial charge in [-0.1, -0.05) is 53.5 Å². The number of piperidine rings is 1. The van der Waals surface area contributed by atoms with Gasteiger partial charge >= 0.3 is 0 Å². The Morgan fingerprint density at radius 1 is 0.942 bits per heavy atom. The third-order valence-corrected chi connectivity index (χ3v) is 11.0. The average Bonchev–Trinajstić information content (AvgIpc) is 3.57. The predicted octanol–water partition coefficient (Wildman–Crippen LogP) is 8.39. The zero-order valence-corrected chi connectivity index (χ0v) is 30.5. The molecule has 11 heteroatoms. The number of nitrogens with one attached hydrogen (secondary N) is 1. The molecular weight excluding hydrogens is 702 g/mol. The van der Waals surface area contributed by atoms with E-state index in [-0.39, 0.29) is 24.9 Å². The Bertz CT molecular complexity index is 1910. The Kier molecular flexibility index (Phi) is 11.8. The first-order chi connectivity index (χ1) is 25.4. The van der Waals surface area contributed by atoms with Gasteiger partial charge in [-0.25, -0.2) is 4.39 Å². The molecule has 7 rings (SSSR count). The number of hydrogen-bond acceptors (Lipinski definition) is 8. The van der Waals surface area contributed by atoms with Crippen molar-refractivity contribution in [1.82, 2.24) is 15.2 Å². The molecule has 0 spiro atoms. The number of nitriles is 1. The van der Waals surface area contributed by atoms with Crippen LogP contribution in [0.4, 0.5) is 4.39 Å². The third-order valence-electron chi connectivity index (χ3n) is 10.4. The Labute approximate surface area is 314 Å². The van der Waals surface area contributed by atoms with E-state index in [0.29, 0.717) is 58.9 Å². The van der Waals surface area contributed by atoms with Crippen molar-refractivity contribution in [2.24, 2.45) is 0 Å². The van der Waals surface area contributed by atoms with Gasteiger partial charge in [0.05, 0.1) is 28.3 Å². The van der Waals surface area contributed by atoms with Gasteiger partial charge in [0.1, 0.15) is 42.2 Å². The number of hydrogen-bond donors (Lipinski definition) is 2. The van der Waals surface area contributed by atoms with E-state index >= 15 is 0 Å². The van der Waals surface area contributed by atoms with Crippen LogP contribution in [0.1, 0.15) is 72.4 Å². The highest BCUT2D eigenvalue weighted by molar-refractivity contribution is 6.35. The molecule has 1 saturated heterocycles. The molecule has 2 heterocycles. The lowest BCUT2D eigenvalue weighted by atomic mass is 9.89. The average molecular weight is 746 g/mol. The van der Waals surface area contributed by atoms with Crippen LogP contribution in [0.25, 0.3) is 11.1 Å². The fraction of sp³-hybridized carbons (Fsp3) is 0.415. The smallest absolute Gasteiger partial charge is 0.142 e. The Morgan fingerprint density at radius 3 is 2.56 bits per heavy atom. The Balaban J connectivity index is 1.06. The number of pyridine rings is 1. The van der Waals surface area contributed by atoms with Crippen LogP contribution in [0.2, 0.25) is 10.0 Å². The molecular formula is C41H43Cl2FN4O4. The molecule has 2 N–H and O–H groups in total.